The van der Waals surface area contributed by atoms with Gasteiger partial charge in [0.1, 0.15) is 17.9 Å². The Kier molecular flexibility index (Phi) is 4.39. The van der Waals surface area contributed by atoms with Crippen LogP contribution in [0, 0.1) is 6.92 Å². The van der Waals surface area contributed by atoms with Gasteiger partial charge in [0.05, 0.1) is 19.4 Å². The number of benzene rings is 1. The van der Waals surface area contributed by atoms with Gasteiger partial charge in [-0.05, 0) is 36.8 Å². The van der Waals surface area contributed by atoms with E-state index in [1.54, 1.807) is 6.07 Å². The summed E-state index contributed by atoms with van der Waals surface area (Å²) < 4.78 is 11.0. The maximum atomic E-state index is 11.4. The second kappa shape index (κ2) is 6.62. The zero-order valence-electron chi connectivity index (χ0n) is 12.7. The van der Waals surface area contributed by atoms with Crippen molar-refractivity contribution in [3.8, 4) is 5.75 Å². The molecule has 4 heteroatoms. The zero-order chi connectivity index (χ0) is 15.4. The number of fused-ring (bicyclic) bond motifs is 1. The van der Waals surface area contributed by atoms with Crippen molar-refractivity contribution in [1.82, 2.24) is 0 Å². The van der Waals surface area contributed by atoms with Crippen LogP contribution >= 0.6 is 0 Å². The van der Waals surface area contributed by atoms with Crippen molar-refractivity contribution in [2.45, 2.75) is 13.3 Å². The molecule has 0 saturated heterocycles. The smallest absolute Gasteiger partial charge is 0.336 e. The van der Waals surface area contributed by atoms with Crippen molar-refractivity contribution in [3.63, 3.8) is 0 Å². The lowest BCUT2D eigenvalue weighted by Gasteiger charge is -2.14. The van der Waals surface area contributed by atoms with Crippen molar-refractivity contribution >= 4 is 11.0 Å². The molecule has 114 valence electrons. The fourth-order valence-electron chi connectivity index (χ4n) is 2.63. The second-order valence-electron chi connectivity index (χ2n) is 5.51. The third-order valence-electron chi connectivity index (χ3n) is 3.79. The Morgan fingerprint density at radius 1 is 1.27 bits per heavy atom. The number of hydrogen-bond acceptors (Lipinski definition) is 3. The van der Waals surface area contributed by atoms with Gasteiger partial charge in [-0.15, -0.1) is 0 Å². The van der Waals surface area contributed by atoms with E-state index >= 15 is 0 Å². The lowest BCUT2D eigenvalue weighted by atomic mass is 10.1. The molecule has 0 bridgehead atoms. The Morgan fingerprint density at radius 3 is 3.00 bits per heavy atom. The zero-order valence-corrected chi connectivity index (χ0v) is 12.7. The van der Waals surface area contributed by atoms with Crippen molar-refractivity contribution < 1.29 is 14.1 Å². The molecule has 0 amide bonds. The molecule has 1 unspecified atom stereocenters. The van der Waals surface area contributed by atoms with Crippen LogP contribution in [0.4, 0.5) is 0 Å². The minimum Gasteiger partial charge on any atom is -0.493 e. The third kappa shape index (κ3) is 3.46. The highest BCUT2D eigenvalue weighted by molar-refractivity contribution is 5.81. The summed E-state index contributed by atoms with van der Waals surface area (Å²) in [6.45, 7) is 4.64. The first kappa shape index (κ1) is 14.6. The van der Waals surface area contributed by atoms with Gasteiger partial charge in [-0.1, -0.05) is 6.08 Å². The van der Waals surface area contributed by atoms with Crippen molar-refractivity contribution in [2.75, 3.05) is 19.7 Å². The van der Waals surface area contributed by atoms with Crippen LogP contribution in [-0.4, -0.2) is 19.7 Å². The molecule has 1 atom stereocenters. The Hall–Kier alpha value is -2.33. The average Bonchev–Trinajstić information content (AvgIpc) is 2.52. The molecule has 1 aliphatic rings. The fourth-order valence-corrected chi connectivity index (χ4v) is 2.63. The number of quaternary nitrogens is 1. The van der Waals surface area contributed by atoms with Crippen LogP contribution in [0.1, 0.15) is 12.0 Å². The van der Waals surface area contributed by atoms with Crippen LogP contribution in [0.3, 0.4) is 0 Å². The van der Waals surface area contributed by atoms with Crippen LogP contribution in [-0.2, 0) is 0 Å². The SMILES string of the molecule is Cc1cc(=O)oc2cc(OCCC[NH+]3C=CC=CC3)ccc12. The molecule has 3 rings (SSSR count). The summed E-state index contributed by atoms with van der Waals surface area (Å²) in [5, 5.41) is 0.946. The number of aryl methyl sites for hydroxylation is 1. The first-order chi connectivity index (χ1) is 10.7. The number of allylic oxidation sites excluding steroid dienone is 2. The summed E-state index contributed by atoms with van der Waals surface area (Å²) >= 11 is 0. The van der Waals surface area contributed by atoms with Gasteiger partial charge >= 0.3 is 5.63 Å². The Morgan fingerprint density at radius 2 is 2.18 bits per heavy atom. The normalized spacial score (nSPS) is 17.0. The molecular formula is C18H20NO3+. The summed E-state index contributed by atoms with van der Waals surface area (Å²) in [6.07, 6.45) is 9.47. The largest absolute Gasteiger partial charge is 0.493 e. The Labute approximate surface area is 129 Å². The highest BCUT2D eigenvalue weighted by Crippen LogP contribution is 2.22. The topological polar surface area (TPSA) is 43.9 Å². The van der Waals surface area contributed by atoms with E-state index in [-0.39, 0.29) is 5.63 Å². The predicted molar refractivity (Wildman–Crippen MR) is 86.3 cm³/mol. The van der Waals surface area contributed by atoms with E-state index in [4.69, 9.17) is 9.15 Å². The van der Waals surface area contributed by atoms with Gasteiger partial charge in [-0.3, -0.25) is 0 Å². The summed E-state index contributed by atoms with van der Waals surface area (Å²) in [6, 6.07) is 7.16. The molecule has 1 aliphatic heterocycles. The molecule has 0 aliphatic carbocycles. The molecule has 1 N–H and O–H groups in total. The van der Waals surface area contributed by atoms with Crippen LogP contribution in [0.5, 0.6) is 5.75 Å². The quantitative estimate of drug-likeness (QED) is 0.676. The van der Waals surface area contributed by atoms with E-state index < -0.39 is 0 Å². The molecule has 2 heterocycles. The van der Waals surface area contributed by atoms with Crippen LogP contribution < -0.4 is 15.3 Å². The lowest BCUT2D eigenvalue weighted by Crippen LogP contribution is -3.07. The van der Waals surface area contributed by atoms with Crippen molar-refractivity contribution in [2.24, 2.45) is 0 Å². The Balaban J connectivity index is 1.58. The lowest BCUT2D eigenvalue weighted by molar-refractivity contribution is -0.841. The number of nitrogens with one attached hydrogen (secondary N) is 1. The maximum absolute atomic E-state index is 11.4. The van der Waals surface area contributed by atoms with Gasteiger partial charge in [0, 0.05) is 23.9 Å². The van der Waals surface area contributed by atoms with Crippen molar-refractivity contribution in [3.05, 3.63) is 64.7 Å². The van der Waals surface area contributed by atoms with Gasteiger partial charge in [0.2, 0.25) is 0 Å². The highest BCUT2D eigenvalue weighted by Gasteiger charge is 2.06. The first-order valence-corrected chi connectivity index (χ1v) is 7.57. The van der Waals surface area contributed by atoms with Gasteiger partial charge in [-0.25, -0.2) is 4.79 Å². The Bertz CT molecular complexity index is 773. The molecule has 22 heavy (non-hydrogen) atoms. The minimum absolute atomic E-state index is 0.323. The third-order valence-corrected chi connectivity index (χ3v) is 3.79. The monoisotopic (exact) mass is 298 g/mol. The van der Waals surface area contributed by atoms with E-state index in [0.717, 1.165) is 36.2 Å². The molecule has 0 saturated carbocycles. The van der Waals surface area contributed by atoms with Gasteiger partial charge in [0.25, 0.3) is 0 Å². The van der Waals surface area contributed by atoms with E-state index in [9.17, 15) is 4.79 Å². The number of hydrogen-bond donors (Lipinski definition) is 1. The molecule has 4 nitrogen and oxygen atoms in total. The molecule has 0 radical (unpaired) electrons. The van der Waals surface area contributed by atoms with Gasteiger partial charge in [0.15, 0.2) is 0 Å². The number of rotatable bonds is 5. The first-order valence-electron chi connectivity index (χ1n) is 7.57. The molecule has 1 aromatic carbocycles. The van der Waals surface area contributed by atoms with E-state index in [0.29, 0.717) is 12.2 Å². The predicted octanol–water partition coefficient (Wildman–Crippen LogP) is 1.84. The molecule has 0 fully saturated rings. The summed E-state index contributed by atoms with van der Waals surface area (Å²) in [5.41, 5.74) is 1.18. The van der Waals surface area contributed by atoms with Gasteiger partial charge in [-0.2, -0.15) is 0 Å². The van der Waals surface area contributed by atoms with Crippen LogP contribution in [0.25, 0.3) is 11.0 Å². The molecule has 2 aromatic rings. The van der Waals surface area contributed by atoms with Gasteiger partial charge < -0.3 is 14.1 Å². The second-order valence-corrected chi connectivity index (χ2v) is 5.51. The van der Waals surface area contributed by atoms with E-state index in [1.807, 2.05) is 19.1 Å². The van der Waals surface area contributed by atoms with Crippen molar-refractivity contribution in [1.29, 1.82) is 0 Å². The molecular weight excluding hydrogens is 278 g/mol. The fraction of sp³-hybridized carbons (Fsp3) is 0.278. The van der Waals surface area contributed by atoms with E-state index in [1.165, 1.54) is 11.0 Å². The highest BCUT2D eigenvalue weighted by atomic mass is 16.5. The maximum Gasteiger partial charge on any atom is 0.336 e. The average molecular weight is 298 g/mol. The molecule has 1 aromatic heterocycles. The standard InChI is InChI=1S/C18H19NO3/c1-14-12-18(20)22-17-13-15(6-7-16(14)17)21-11-5-10-19-8-3-2-4-9-19/h2-4,6-8,12-13H,5,9-11H2,1H3/p+1. The minimum atomic E-state index is -0.323. The van der Waals surface area contributed by atoms with E-state index in [2.05, 4.69) is 24.4 Å². The molecule has 0 spiro atoms. The summed E-state index contributed by atoms with van der Waals surface area (Å²) in [4.78, 5) is 12.9. The summed E-state index contributed by atoms with van der Waals surface area (Å²) in [5.74, 6) is 0.741. The number of ether oxygens (including phenoxy) is 1. The summed E-state index contributed by atoms with van der Waals surface area (Å²) in [7, 11) is 0. The van der Waals surface area contributed by atoms with Crippen LogP contribution in [0.15, 0.2) is 57.9 Å². The van der Waals surface area contributed by atoms with Crippen LogP contribution in [0.2, 0.25) is 0 Å².